The van der Waals surface area contributed by atoms with Crippen molar-refractivity contribution >= 4 is 11.5 Å². The molecule has 17 heavy (non-hydrogen) atoms. The molecule has 1 aromatic carbocycles. The Kier molecular flexibility index (Phi) is 3.32. The second kappa shape index (κ2) is 4.91. The van der Waals surface area contributed by atoms with E-state index in [1.54, 1.807) is 29.2 Å². The molecular formula is C13H12F2N2. The fourth-order valence-corrected chi connectivity index (χ4v) is 1.67. The van der Waals surface area contributed by atoms with Crippen LogP contribution in [-0.4, -0.2) is 11.5 Å². The van der Waals surface area contributed by atoms with Crippen molar-refractivity contribution in [2.24, 2.45) is 0 Å². The lowest BCUT2D eigenvalue weighted by Crippen LogP contribution is -2.17. The largest absolute Gasteiger partial charge is 0.326 e. The third-order valence-corrected chi connectivity index (χ3v) is 2.41. The summed E-state index contributed by atoms with van der Waals surface area (Å²) in [5.41, 5.74) is 0.658. The van der Waals surface area contributed by atoms with Crippen LogP contribution in [0.15, 0.2) is 42.5 Å². The van der Waals surface area contributed by atoms with Gasteiger partial charge in [-0.3, -0.25) is 0 Å². The van der Waals surface area contributed by atoms with Gasteiger partial charge in [0.15, 0.2) is 0 Å². The van der Waals surface area contributed by atoms with Crippen LogP contribution < -0.4 is 4.90 Å². The van der Waals surface area contributed by atoms with Crippen molar-refractivity contribution in [2.75, 3.05) is 11.4 Å². The average Bonchev–Trinajstić information content (AvgIpc) is 2.30. The third kappa shape index (κ3) is 2.58. The number of hydrogen-bond acceptors (Lipinski definition) is 2. The highest BCUT2D eigenvalue weighted by molar-refractivity contribution is 5.59. The van der Waals surface area contributed by atoms with Crippen molar-refractivity contribution in [3.8, 4) is 0 Å². The van der Waals surface area contributed by atoms with Gasteiger partial charge in [0.2, 0.25) is 5.95 Å². The molecule has 0 atom stereocenters. The molecule has 0 radical (unpaired) electrons. The van der Waals surface area contributed by atoms with Crippen LogP contribution in [0.1, 0.15) is 6.92 Å². The van der Waals surface area contributed by atoms with Gasteiger partial charge < -0.3 is 4.90 Å². The van der Waals surface area contributed by atoms with E-state index in [9.17, 15) is 8.78 Å². The molecule has 1 heterocycles. The third-order valence-electron chi connectivity index (χ3n) is 2.41. The molecule has 0 fully saturated rings. The highest BCUT2D eigenvalue weighted by Gasteiger charge is 2.09. The zero-order chi connectivity index (χ0) is 12.3. The van der Waals surface area contributed by atoms with Gasteiger partial charge in [-0.1, -0.05) is 12.1 Å². The number of aromatic nitrogens is 1. The van der Waals surface area contributed by atoms with E-state index < -0.39 is 5.95 Å². The Bertz CT molecular complexity index is 469. The van der Waals surface area contributed by atoms with Gasteiger partial charge in [0, 0.05) is 12.2 Å². The molecule has 4 heteroatoms. The van der Waals surface area contributed by atoms with E-state index in [-0.39, 0.29) is 5.82 Å². The van der Waals surface area contributed by atoms with Gasteiger partial charge in [-0.05, 0) is 37.3 Å². The molecule has 0 N–H and O–H groups in total. The lowest BCUT2D eigenvalue weighted by atomic mass is 10.2. The zero-order valence-corrected chi connectivity index (χ0v) is 9.40. The molecule has 2 rings (SSSR count). The molecule has 0 aliphatic rings. The lowest BCUT2D eigenvalue weighted by Gasteiger charge is -2.21. The molecule has 0 unspecified atom stereocenters. The first-order chi connectivity index (χ1) is 8.20. The molecular weight excluding hydrogens is 222 g/mol. The Labute approximate surface area is 98.5 Å². The van der Waals surface area contributed by atoms with Crippen LogP contribution >= 0.6 is 0 Å². The highest BCUT2D eigenvalue weighted by atomic mass is 19.1. The van der Waals surface area contributed by atoms with Crippen molar-refractivity contribution in [1.29, 1.82) is 0 Å². The second-order valence-corrected chi connectivity index (χ2v) is 3.54. The van der Waals surface area contributed by atoms with Gasteiger partial charge in [0.05, 0.1) is 0 Å². The molecule has 0 saturated heterocycles. The monoisotopic (exact) mass is 234 g/mol. The minimum absolute atomic E-state index is 0.322. The van der Waals surface area contributed by atoms with Crippen LogP contribution in [0.2, 0.25) is 0 Å². The molecule has 2 nitrogen and oxygen atoms in total. The maximum Gasteiger partial charge on any atom is 0.214 e. The van der Waals surface area contributed by atoms with Crippen LogP contribution in [0.5, 0.6) is 0 Å². The Balaban J connectivity index is 2.40. The Hall–Kier alpha value is -1.97. The van der Waals surface area contributed by atoms with E-state index >= 15 is 0 Å². The molecule has 0 aliphatic carbocycles. The van der Waals surface area contributed by atoms with Gasteiger partial charge in [0.25, 0.3) is 0 Å². The molecule has 0 bridgehead atoms. The quantitative estimate of drug-likeness (QED) is 0.755. The van der Waals surface area contributed by atoms with Crippen molar-refractivity contribution in [3.05, 3.63) is 54.2 Å². The van der Waals surface area contributed by atoms with E-state index in [4.69, 9.17) is 0 Å². The first-order valence-corrected chi connectivity index (χ1v) is 5.36. The predicted octanol–water partition coefficient (Wildman–Crippen LogP) is 3.52. The molecule has 88 valence electrons. The van der Waals surface area contributed by atoms with E-state index in [1.165, 1.54) is 18.2 Å². The molecule has 1 aromatic heterocycles. The van der Waals surface area contributed by atoms with Crippen LogP contribution in [0.4, 0.5) is 20.3 Å². The predicted molar refractivity (Wildman–Crippen MR) is 63.3 cm³/mol. The van der Waals surface area contributed by atoms with Gasteiger partial charge >= 0.3 is 0 Å². The number of halogens is 2. The van der Waals surface area contributed by atoms with Crippen LogP contribution in [-0.2, 0) is 0 Å². The second-order valence-electron chi connectivity index (χ2n) is 3.54. The van der Waals surface area contributed by atoms with Crippen molar-refractivity contribution in [2.45, 2.75) is 6.92 Å². The summed E-state index contributed by atoms with van der Waals surface area (Å²) in [6, 6.07) is 10.7. The zero-order valence-electron chi connectivity index (χ0n) is 9.40. The summed E-state index contributed by atoms with van der Waals surface area (Å²) in [4.78, 5) is 5.53. The molecule has 0 amide bonds. The SMILES string of the molecule is CCN(c1cccc(F)c1)c1cccc(F)n1. The highest BCUT2D eigenvalue weighted by Crippen LogP contribution is 2.23. The maximum absolute atomic E-state index is 13.1. The summed E-state index contributed by atoms with van der Waals surface area (Å²) in [6.45, 7) is 2.48. The molecule has 0 aliphatic heterocycles. The summed E-state index contributed by atoms with van der Waals surface area (Å²) in [6.07, 6.45) is 0. The number of hydrogen-bond donors (Lipinski definition) is 0. The van der Waals surface area contributed by atoms with Crippen LogP contribution in [0.25, 0.3) is 0 Å². The summed E-state index contributed by atoms with van der Waals surface area (Å²) in [7, 11) is 0. The number of benzene rings is 1. The van der Waals surface area contributed by atoms with E-state index in [0.29, 0.717) is 18.1 Å². The van der Waals surface area contributed by atoms with E-state index in [2.05, 4.69) is 4.98 Å². The number of anilines is 2. The van der Waals surface area contributed by atoms with Gasteiger partial charge in [-0.2, -0.15) is 4.39 Å². The number of pyridine rings is 1. The summed E-state index contributed by atoms with van der Waals surface area (Å²) in [5.74, 6) is -0.396. The van der Waals surface area contributed by atoms with Crippen molar-refractivity contribution in [3.63, 3.8) is 0 Å². The standard InChI is InChI=1S/C13H12F2N2/c1-2-17(11-6-3-5-10(14)9-11)13-8-4-7-12(15)16-13/h3-9H,2H2,1H3. The summed E-state index contributed by atoms with van der Waals surface area (Å²) in [5, 5.41) is 0. The van der Waals surface area contributed by atoms with E-state index in [1.807, 2.05) is 6.92 Å². The fourth-order valence-electron chi connectivity index (χ4n) is 1.67. The normalized spacial score (nSPS) is 10.3. The first-order valence-electron chi connectivity index (χ1n) is 5.36. The minimum atomic E-state index is -0.544. The maximum atomic E-state index is 13.1. The Morgan fingerprint density at radius 3 is 2.53 bits per heavy atom. The smallest absolute Gasteiger partial charge is 0.214 e. The summed E-state index contributed by atoms with van der Waals surface area (Å²) < 4.78 is 26.2. The van der Waals surface area contributed by atoms with Crippen molar-refractivity contribution in [1.82, 2.24) is 4.98 Å². The van der Waals surface area contributed by atoms with Crippen LogP contribution in [0.3, 0.4) is 0 Å². The molecule has 0 spiro atoms. The van der Waals surface area contributed by atoms with Gasteiger partial charge in [-0.25, -0.2) is 9.37 Å². The Morgan fingerprint density at radius 2 is 1.88 bits per heavy atom. The molecule has 0 saturated carbocycles. The Morgan fingerprint density at radius 1 is 1.12 bits per heavy atom. The number of nitrogens with zero attached hydrogens (tertiary/aromatic N) is 2. The first kappa shape index (κ1) is 11.5. The van der Waals surface area contributed by atoms with Crippen molar-refractivity contribution < 1.29 is 8.78 Å². The topological polar surface area (TPSA) is 16.1 Å². The van der Waals surface area contributed by atoms with Crippen LogP contribution in [0, 0.1) is 11.8 Å². The lowest BCUT2D eigenvalue weighted by molar-refractivity contribution is 0.583. The molecule has 2 aromatic rings. The minimum Gasteiger partial charge on any atom is -0.326 e. The van der Waals surface area contributed by atoms with E-state index in [0.717, 1.165) is 0 Å². The fraction of sp³-hybridized carbons (Fsp3) is 0.154. The number of rotatable bonds is 3. The van der Waals surface area contributed by atoms with Gasteiger partial charge in [0.1, 0.15) is 11.6 Å². The summed E-state index contributed by atoms with van der Waals surface area (Å²) >= 11 is 0. The van der Waals surface area contributed by atoms with Gasteiger partial charge in [-0.15, -0.1) is 0 Å². The average molecular weight is 234 g/mol.